The van der Waals surface area contributed by atoms with Gasteiger partial charge in [-0.1, -0.05) is 23.7 Å². The average molecular weight is 414 g/mol. The van der Waals surface area contributed by atoms with Crippen molar-refractivity contribution in [3.8, 4) is 11.5 Å². The van der Waals surface area contributed by atoms with E-state index < -0.39 is 11.6 Å². The molecule has 1 spiro atoms. The zero-order valence-electron chi connectivity index (χ0n) is 15.5. The number of carbonyl (C=O) groups excluding carboxylic acids is 3. The van der Waals surface area contributed by atoms with Crippen molar-refractivity contribution in [3.63, 3.8) is 0 Å². The van der Waals surface area contributed by atoms with Gasteiger partial charge in [-0.2, -0.15) is 0 Å². The summed E-state index contributed by atoms with van der Waals surface area (Å²) in [6.45, 7) is 0. The highest BCUT2D eigenvalue weighted by Gasteiger charge is 2.48. The van der Waals surface area contributed by atoms with Gasteiger partial charge in [0.15, 0.2) is 0 Å². The minimum Gasteiger partial charge on any atom is -0.456 e. The van der Waals surface area contributed by atoms with Gasteiger partial charge in [-0.05, 0) is 62.1 Å². The molecule has 2 aromatic rings. The van der Waals surface area contributed by atoms with Gasteiger partial charge < -0.3 is 15.4 Å². The van der Waals surface area contributed by atoms with Gasteiger partial charge >= 0.3 is 6.03 Å². The Morgan fingerprint density at radius 3 is 2.38 bits per heavy atom. The molecule has 29 heavy (non-hydrogen) atoms. The van der Waals surface area contributed by atoms with Gasteiger partial charge in [0, 0.05) is 11.6 Å². The van der Waals surface area contributed by atoms with Crippen LogP contribution in [0.3, 0.4) is 0 Å². The fourth-order valence-electron chi connectivity index (χ4n) is 3.76. The predicted octanol–water partition coefficient (Wildman–Crippen LogP) is 3.84. The van der Waals surface area contributed by atoms with Crippen molar-refractivity contribution in [1.29, 1.82) is 0 Å². The van der Waals surface area contributed by atoms with E-state index in [-0.39, 0.29) is 17.7 Å². The third-order valence-electron chi connectivity index (χ3n) is 5.41. The van der Waals surface area contributed by atoms with E-state index in [4.69, 9.17) is 16.3 Å². The molecule has 1 saturated heterocycles. The van der Waals surface area contributed by atoms with E-state index in [1.54, 1.807) is 36.4 Å². The molecule has 8 heteroatoms. The summed E-state index contributed by atoms with van der Waals surface area (Å²) in [4.78, 5) is 36.0. The molecule has 1 saturated carbocycles. The first kappa shape index (κ1) is 19.3. The number of nitrogens with one attached hydrogen (secondary N) is 3. The molecule has 0 bridgehead atoms. The van der Waals surface area contributed by atoms with E-state index in [1.807, 2.05) is 12.1 Å². The van der Waals surface area contributed by atoms with Gasteiger partial charge in [-0.3, -0.25) is 14.9 Å². The second kappa shape index (κ2) is 7.75. The molecule has 4 rings (SSSR count). The maximum atomic E-state index is 12.6. The maximum Gasteiger partial charge on any atom is 0.322 e. The summed E-state index contributed by atoms with van der Waals surface area (Å²) in [7, 11) is 0. The third-order valence-corrected chi connectivity index (χ3v) is 5.72. The van der Waals surface area contributed by atoms with Crippen LogP contribution in [-0.2, 0) is 9.59 Å². The van der Waals surface area contributed by atoms with E-state index in [9.17, 15) is 14.4 Å². The smallest absolute Gasteiger partial charge is 0.322 e. The van der Waals surface area contributed by atoms with E-state index in [0.29, 0.717) is 47.9 Å². The monoisotopic (exact) mass is 413 g/mol. The molecule has 3 N–H and O–H groups in total. The molecule has 0 aromatic heterocycles. The van der Waals surface area contributed by atoms with Crippen molar-refractivity contribution in [2.75, 3.05) is 5.32 Å². The summed E-state index contributed by atoms with van der Waals surface area (Å²) >= 11 is 6.09. The lowest BCUT2D eigenvalue weighted by molar-refractivity contribution is -0.128. The average Bonchev–Trinajstić information content (AvgIpc) is 2.98. The number of halogens is 1. The second-order valence-corrected chi connectivity index (χ2v) is 7.72. The van der Waals surface area contributed by atoms with Gasteiger partial charge in [0.1, 0.15) is 17.0 Å². The maximum absolute atomic E-state index is 12.6. The number of anilines is 1. The van der Waals surface area contributed by atoms with Crippen molar-refractivity contribution >= 4 is 35.1 Å². The van der Waals surface area contributed by atoms with Crippen LogP contribution < -0.4 is 20.7 Å². The van der Waals surface area contributed by atoms with Crippen LogP contribution in [0.1, 0.15) is 25.7 Å². The number of ether oxygens (including phenoxy) is 1. The van der Waals surface area contributed by atoms with Crippen molar-refractivity contribution in [2.24, 2.45) is 5.92 Å². The van der Waals surface area contributed by atoms with Gasteiger partial charge in [-0.15, -0.1) is 0 Å². The molecule has 2 aromatic carbocycles. The fraction of sp³-hybridized carbons (Fsp3) is 0.286. The zero-order valence-corrected chi connectivity index (χ0v) is 16.3. The second-order valence-electron chi connectivity index (χ2n) is 7.31. The van der Waals surface area contributed by atoms with E-state index in [2.05, 4.69) is 16.0 Å². The first-order chi connectivity index (χ1) is 13.9. The number of hydrogen-bond acceptors (Lipinski definition) is 4. The summed E-state index contributed by atoms with van der Waals surface area (Å²) in [5.41, 5.74) is -0.195. The van der Waals surface area contributed by atoms with Crippen LogP contribution in [0.25, 0.3) is 0 Å². The summed E-state index contributed by atoms with van der Waals surface area (Å²) in [6, 6.07) is 13.8. The highest BCUT2D eigenvalue weighted by atomic mass is 35.5. The van der Waals surface area contributed by atoms with Crippen LogP contribution in [0.4, 0.5) is 10.5 Å². The van der Waals surface area contributed by atoms with E-state index in [1.165, 1.54) is 0 Å². The summed E-state index contributed by atoms with van der Waals surface area (Å²) in [6.07, 6.45) is 1.97. The van der Waals surface area contributed by atoms with Crippen molar-refractivity contribution in [1.82, 2.24) is 10.6 Å². The topological polar surface area (TPSA) is 96.5 Å². The molecule has 4 amide bonds. The Morgan fingerprint density at radius 1 is 1.07 bits per heavy atom. The van der Waals surface area contributed by atoms with Gasteiger partial charge in [-0.25, -0.2) is 4.79 Å². The molecule has 0 unspecified atom stereocenters. The fourth-order valence-corrected chi connectivity index (χ4v) is 3.93. The molecule has 2 aliphatic rings. The number of imide groups is 1. The van der Waals surface area contributed by atoms with Gasteiger partial charge in [0.2, 0.25) is 5.91 Å². The number of urea groups is 1. The largest absolute Gasteiger partial charge is 0.456 e. The number of rotatable bonds is 4. The van der Waals surface area contributed by atoms with E-state index >= 15 is 0 Å². The van der Waals surface area contributed by atoms with Crippen LogP contribution in [0.2, 0.25) is 5.02 Å². The van der Waals surface area contributed by atoms with Crippen molar-refractivity contribution < 1.29 is 19.1 Å². The Balaban J connectivity index is 1.33. The first-order valence-corrected chi connectivity index (χ1v) is 9.80. The molecule has 1 aliphatic heterocycles. The third kappa shape index (κ3) is 4.05. The number of amides is 4. The van der Waals surface area contributed by atoms with E-state index in [0.717, 1.165) is 0 Å². The minimum atomic E-state index is -0.856. The molecule has 1 heterocycles. The van der Waals surface area contributed by atoms with Crippen molar-refractivity contribution in [3.05, 3.63) is 53.6 Å². The standard InChI is InChI=1S/C21H20ClN3O4/c22-16-3-1-2-4-17(16)29-15-7-5-14(6-8-15)23-18(26)13-9-11-21(12-10-13)19(27)24-20(28)25-21/h1-8,13H,9-12H2,(H,23,26)(H2,24,25,27,28). The lowest BCUT2D eigenvalue weighted by Gasteiger charge is -2.33. The molecule has 0 atom stereocenters. The van der Waals surface area contributed by atoms with Gasteiger partial charge in [0.05, 0.1) is 5.02 Å². The molecule has 7 nitrogen and oxygen atoms in total. The van der Waals surface area contributed by atoms with Gasteiger partial charge in [0.25, 0.3) is 5.91 Å². The zero-order chi connectivity index (χ0) is 20.4. The van der Waals surface area contributed by atoms with Crippen LogP contribution in [0.15, 0.2) is 48.5 Å². The Morgan fingerprint density at radius 2 is 1.76 bits per heavy atom. The summed E-state index contributed by atoms with van der Waals surface area (Å²) < 4.78 is 5.74. The number of para-hydroxylation sites is 1. The molecule has 2 fully saturated rings. The highest BCUT2D eigenvalue weighted by Crippen LogP contribution is 2.35. The Labute approximate surface area is 172 Å². The lowest BCUT2D eigenvalue weighted by atomic mass is 9.76. The molecular formula is C21H20ClN3O4. The molecule has 0 radical (unpaired) electrons. The highest BCUT2D eigenvalue weighted by molar-refractivity contribution is 6.32. The first-order valence-electron chi connectivity index (χ1n) is 9.42. The minimum absolute atomic E-state index is 0.0932. The number of hydrogen-bond donors (Lipinski definition) is 3. The molecular weight excluding hydrogens is 394 g/mol. The molecule has 1 aliphatic carbocycles. The predicted molar refractivity (Wildman–Crippen MR) is 108 cm³/mol. The quantitative estimate of drug-likeness (QED) is 0.663. The Kier molecular flexibility index (Phi) is 5.15. The Hall–Kier alpha value is -3.06. The molecule has 150 valence electrons. The van der Waals surface area contributed by atoms with Crippen molar-refractivity contribution in [2.45, 2.75) is 31.2 Å². The lowest BCUT2D eigenvalue weighted by Crippen LogP contribution is -2.50. The normalized spacial score (nSPS) is 23.4. The summed E-state index contributed by atoms with van der Waals surface area (Å²) in [5.74, 6) is 0.577. The van der Waals surface area contributed by atoms with Crippen LogP contribution in [-0.4, -0.2) is 23.4 Å². The SMILES string of the molecule is O=C1NC(=O)C2(CCC(C(=O)Nc3ccc(Oc4ccccc4Cl)cc3)CC2)N1. The summed E-state index contributed by atoms with van der Waals surface area (Å²) in [5, 5.41) is 8.41. The van der Waals surface area contributed by atoms with Crippen LogP contribution in [0, 0.1) is 5.92 Å². The Bertz CT molecular complexity index is 953. The number of carbonyl (C=O) groups is 3. The van der Waals surface area contributed by atoms with Crippen LogP contribution in [0.5, 0.6) is 11.5 Å². The number of benzene rings is 2. The van der Waals surface area contributed by atoms with Crippen LogP contribution >= 0.6 is 11.6 Å².